The van der Waals surface area contributed by atoms with Crippen molar-refractivity contribution in [3.8, 4) is 12.1 Å². The second-order valence-corrected chi connectivity index (χ2v) is 5.98. The van der Waals surface area contributed by atoms with Gasteiger partial charge in [-0.3, -0.25) is 4.79 Å². The van der Waals surface area contributed by atoms with E-state index >= 15 is 0 Å². The van der Waals surface area contributed by atoms with Gasteiger partial charge in [-0.05, 0) is 36.4 Å². The van der Waals surface area contributed by atoms with E-state index in [1.54, 1.807) is 12.1 Å². The van der Waals surface area contributed by atoms with Crippen LogP contribution in [0.15, 0.2) is 46.7 Å². The lowest BCUT2D eigenvalue weighted by molar-refractivity contribution is -0.138. The van der Waals surface area contributed by atoms with Crippen LogP contribution >= 0.6 is 11.6 Å². The minimum atomic E-state index is -4.83. The Balaban J connectivity index is 2.64. The summed E-state index contributed by atoms with van der Waals surface area (Å²) in [4.78, 5) is 12.1. The molecule has 2 rings (SSSR count). The minimum absolute atomic E-state index is 0.252. The highest BCUT2D eigenvalue weighted by Crippen LogP contribution is 2.35. The first-order valence-electron chi connectivity index (χ1n) is 7.95. The molecule has 0 radical (unpaired) electrons. The number of alkyl halides is 7. The molecule has 0 aliphatic carbocycles. The maximum absolute atomic E-state index is 13.0. The SMILES string of the molecule is N#Cc1ccc(C(F)(F)F)cc1/N=N\N(C(=O)CCl)c1cc(C(F)(F)F)ccc1C#N. The van der Waals surface area contributed by atoms with E-state index in [2.05, 4.69) is 10.3 Å². The van der Waals surface area contributed by atoms with Crippen molar-refractivity contribution < 1.29 is 31.1 Å². The van der Waals surface area contributed by atoms with Crippen LogP contribution in [0.25, 0.3) is 0 Å². The van der Waals surface area contributed by atoms with Crippen molar-refractivity contribution in [3.05, 3.63) is 58.7 Å². The normalized spacial score (nSPS) is 11.8. The van der Waals surface area contributed by atoms with E-state index in [1.807, 2.05) is 0 Å². The van der Waals surface area contributed by atoms with Crippen molar-refractivity contribution in [2.45, 2.75) is 12.4 Å². The fourth-order valence-electron chi connectivity index (χ4n) is 2.24. The van der Waals surface area contributed by atoms with Gasteiger partial charge in [0.2, 0.25) is 0 Å². The molecule has 13 heteroatoms. The zero-order chi connectivity index (χ0) is 23.4. The van der Waals surface area contributed by atoms with Gasteiger partial charge in [0, 0.05) is 0 Å². The number of hydrogen-bond acceptors (Lipinski definition) is 5. The average molecular weight is 460 g/mol. The fourth-order valence-corrected chi connectivity index (χ4v) is 2.36. The molecule has 0 bridgehead atoms. The lowest BCUT2D eigenvalue weighted by Crippen LogP contribution is -2.27. The van der Waals surface area contributed by atoms with Gasteiger partial charge in [-0.15, -0.1) is 16.7 Å². The molecule has 0 saturated carbocycles. The Kier molecular flexibility index (Phi) is 6.88. The Morgan fingerprint density at radius 3 is 1.94 bits per heavy atom. The minimum Gasteiger partial charge on any atom is -0.271 e. The van der Waals surface area contributed by atoms with Gasteiger partial charge in [0.1, 0.15) is 23.7 Å². The van der Waals surface area contributed by atoms with Crippen molar-refractivity contribution in [1.29, 1.82) is 10.5 Å². The number of nitriles is 2. The maximum Gasteiger partial charge on any atom is 0.416 e. The summed E-state index contributed by atoms with van der Waals surface area (Å²) in [5.74, 6) is -1.92. The quantitative estimate of drug-likeness (QED) is 0.252. The third-order valence-corrected chi connectivity index (χ3v) is 3.94. The molecule has 0 aliphatic rings. The fraction of sp³-hybridized carbons (Fsp3) is 0.167. The highest BCUT2D eigenvalue weighted by atomic mass is 35.5. The predicted octanol–water partition coefficient (Wildman–Crippen LogP) is 5.74. The smallest absolute Gasteiger partial charge is 0.271 e. The van der Waals surface area contributed by atoms with E-state index in [1.165, 1.54) is 0 Å². The topological polar surface area (TPSA) is 92.6 Å². The Morgan fingerprint density at radius 1 is 0.935 bits per heavy atom. The molecular weight excluding hydrogens is 452 g/mol. The first-order valence-corrected chi connectivity index (χ1v) is 8.49. The molecule has 0 saturated heterocycles. The summed E-state index contributed by atoms with van der Waals surface area (Å²) in [5.41, 5.74) is -4.39. The van der Waals surface area contributed by atoms with Crippen LogP contribution in [0.5, 0.6) is 0 Å². The summed E-state index contributed by atoms with van der Waals surface area (Å²) < 4.78 is 77.9. The molecule has 0 fully saturated rings. The zero-order valence-electron chi connectivity index (χ0n) is 15.0. The number of amides is 1. The summed E-state index contributed by atoms with van der Waals surface area (Å²) in [5, 5.41) is 25.3. The summed E-state index contributed by atoms with van der Waals surface area (Å²) in [6, 6.07) is 6.90. The molecule has 1 amide bonds. The van der Waals surface area contributed by atoms with Crippen LogP contribution in [-0.2, 0) is 17.1 Å². The highest BCUT2D eigenvalue weighted by molar-refractivity contribution is 6.29. The number of halogens is 7. The van der Waals surface area contributed by atoms with Crippen LogP contribution in [0.4, 0.5) is 37.7 Å². The van der Waals surface area contributed by atoms with Crippen LogP contribution in [0.1, 0.15) is 22.3 Å². The van der Waals surface area contributed by atoms with Crippen LogP contribution in [-0.4, -0.2) is 11.8 Å². The number of hydrogen-bond donors (Lipinski definition) is 0. The van der Waals surface area contributed by atoms with Gasteiger partial charge in [-0.25, -0.2) is 0 Å². The number of carbonyl (C=O) groups is 1. The first-order chi connectivity index (χ1) is 14.4. The van der Waals surface area contributed by atoms with Crippen LogP contribution in [0.2, 0.25) is 0 Å². The summed E-state index contributed by atoms with van der Waals surface area (Å²) in [6.07, 6.45) is -9.61. The zero-order valence-corrected chi connectivity index (χ0v) is 15.7. The molecule has 0 aliphatic heterocycles. The Bertz CT molecular complexity index is 1110. The van der Waals surface area contributed by atoms with Gasteiger partial charge in [0.15, 0.2) is 0 Å². The Labute approximate surface area is 175 Å². The van der Waals surface area contributed by atoms with E-state index in [4.69, 9.17) is 22.1 Å². The third-order valence-electron chi connectivity index (χ3n) is 3.71. The van der Waals surface area contributed by atoms with Gasteiger partial charge >= 0.3 is 12.4 Å². The largest absolute Gasteiger partial charge is 0.416 e. The molecule has 31 heavy (non-hydrogen) atoms. The molecule has 160 valence electrons. The molecular formula is C18H8ClF6N5O. The number of anilines is 1. The lowest BCUT2D eigenvalue weighted by atomic mass is 10.1. The summed E-state index contributed by atoms with van der Waals surface area (Å²) in [7, 11) is 0. The van der Waals surface area contributed by atoms with Crippen LogP contribution in [0.3, 0.4) is 0 Å². The van der Waals surface area contributed by atoms with E-state index in [0.29, 0.717) is 24.3 Å². The van der Waals surface area contributed by atoms with Crippen molar-refractivity contribution in [3.63, 3.8) is 0 Å². The van der Waals surface area contributed by atoms with Gasteiger partial charge in [-0.2, -0.15) is 41.9 Å². The van der Waals surface area contributed by atoms with Crippen molar-refractivity contribution >= 4 is 28.9 Å². The standard InChI is InChI=1S/C18H8ClF6N5O/c19-7-16(31)30(15-6-13(18(23,24)25)4-2-11(15)9-27)29-28-14-5-12(17(20,21)22)3-1-10(14)8-26/h1-6H,7H2/b29-28-. The molecule has 2 aromatic carbocycles. The van der Waals surface area contributed by atoms with Gasteiger partial charge in [-0.1, -0.05) is 5.22 Å². The molecule has 2 aromatic rings. The Morgan fingerprint density at radius 2 is 1.45 bits per heavy atom. The van der Waals surface area contributed by atoms with E-state index in [-0.39, 0.29) is 10.6 Å². The van der Waals surface area contributed by atoms with Crippen molar-refractivity contribution in [2.75, 3.05) is 10.9 Å². The molecule has 0 unspecified atom stereocenters. The van der Waals surface area contributed by atoms with Crippen LogP contribution < -0.4 is 5.01 Å². The van der Waals surface area contributed by atoms with Gasteiger partial charge in [0.05, 0.1) is 27.9 Å². The predicted molar refractivity (Wildman–Crippen MR) is 95.0 cm³/mol. The average Bonchev–Trinajstić information content (AvgIpc) is 2.71. The van der Waals surface area contributed by atoms with E-state index in [0.717, 1.165) is 12.1 Å². The monoisotopic (exact) mass is 459 g/mol. The van der Waals surface area contributed by atoms with Crippen LogP contribution in [0, 0.1) is 22.7 Å². The molecule has 0 aromatic heterocycles. The highest BCUT2D eigenvalue weighted by Gasteiger charge is 2.33. The second kappa shape index (κ2) is 9.02. The number of rotatable bonds is 4. The first kappa shape index (κ1) is 23.6. The Hall–Kier alpha value is -3.64. The molecule has 0 spiro atoms. The van der Waals surface area contributed by atoms with Crippen molar-refractivity contribution in [1.82, 2.24) is 0 Å². The maximum atomic E-state index is 13.0. The molecule has 0 heterocycles. The van der Waals surface area contributed by atoms with Gasteiger partial charge < -0.3 is 0 Å². The summed E-state index contributed by atoms with van der Waals surface area (Å²) >= 11 is 5.45. The van der Waals surface area contributed by atoms with E-state index in [9.17, 15) is 31.1 Å². The van der Waals surface area contributed by atoms with E-state index < -0.39 is 52.2 Å². The van der Waals surface area contributed by atoms with Crippen molar-refractivity contribution in [2.24, 2.45) is 10.3 Å². The lowest BCUT2D eigenvalue weighted by Gasteiger charge is -2.18. The number of nitrogens with zero attached hydrogens (tertiary/aromatic N) is 5. The number of benzene rings is 2. The summed E-state index contributed by atoms with van der Waals surface area (Å²) in [6.45, 7) is 0. The number of carbonyl (C=O) groups excluding carboxylic acids is 1. The van der Waals surface area contributed by atoms with Gasteiger partial charge in [0.25, 0.3) is 5.91 Å². The second-order valence-electron chi connectivity index (χ2n) is 5.71. The molecule has 0 atom stereocenters. The molecule has 0 N–H and O–H groups in total. The molecule has 6 nitrogen and oxygen atoms in total. The third kappa shape index (κ3) is 5.49.